The van der Waals surface area contributed by atoms with Gasteiger partial charge in [-0.1, -0.05) is 39.8 Å². The molecule has 2 atom stereocenters. The standard InChI is InChI=1S/C26H40N4O7/c1-16(2)23(30-22(32)11-13-36-14-12-27-19(6)31)25(34)28-18(5)24(33)29-21-9-7-20(8-10-21)15-37-26(35)17(3)4/h7-10,16-18,23H,11-15H2,1-6H3,(H,27,31)(H,28,34)(H,29,33)(H,30,32)/t18-,23-/m0/s1. The van der Waals surface area contributed by atoms with Crippen LogP contribution in [0.5, 0.6) is 0 Å². The lowest BCUT2D eigenvalue weighted by Gasteiger charge is -2.24. The van der Waals surface area contributed by atoms with Crippen molar-refractivity contribution in [3.8, 4) is 0 Å². The van der Waals surface area contributed by atoms with Crippen molar-refractivity contribution in [1.82, 2.24) is 16.0 Å². The first-order valence-electron chi connectivity index (χ1n) is 12.4. The Hall–Kier alpha value is -3.47. The van der Waals surface area contributed by atoms with Crippen molar-refractivity contribution < 1.29 is 33.4 Å². The molecule has 0 spiro atoms. The van der Waals surface area contributed by atoms with Gasteiger partial charge in [-0.3, -0.25) is 24.0 Å². The van der Waals surface area contributed by atoms with Gasteiger partial charge in [0.15, 0.2) is 0 Å². The van der Waals surface area contributed by atoms with Crippen LogP contribution in [0.1, 0.15) is 53.5 Å². The van der Waals surface area contributed by atoms with E-state index in [1.807, 2.05) is 0 Å². The van der Waals surface area contributed by atoms with Gasteiger partial charge in [-0.2, -0.15) is 0 Å². The third-order valence-electron chi connectivity index (χ3n) is 5.19. The van der Waals surface area contributed by atoms with E-state index in [4.69, 9.17) is 9.47 Å². The Morgan fingerprint density at radius 1 is 0.865 bits per heavy atom. The van der Waals surface area contributed by atoms with Crippen LogP contribution in [0, 0.1) is 11.8 Å². The molecule has 37 heavy (non-hydrogen) atoms. The van der Waals surface area contributed by atoms with Crippen LogP contribution in [0.2, 0.25) is 0 Å². The molecule has 0 aliphatic carbocycles. The highest BCUT2D eigenvalue weighted by atomic mass is 16.5. The van der Waals surface area contributed by atoms with Gasteiger partial charge in [-0.15, -0.1) is 0 Å². The first-order valence-corrected chi connectivity index (χ1v) is 12.4. The first kappa shape index (κ1) is 31.6. The van der Waals surface area contributed by atoms with E-state index in [1.54, 1.807) is 58.9 Å². The van der Waals surface area contributed by atoms with E-state index in [9.17, 15) is 24.0 Å². The van der Waals surface area contributed by atoms with Crippen molar-refractivity contribution in [1.29, 1.82) is 0 Å². The summed E-state index contributed by atoms with van der Waals surface area (Å²) in [5.74, 6) is -2.12. The molecule has 0 radical (unpaired) electrons. The van der Waals surface area contributed by atoms with Gasteiger partial charge in [0.2, 0.25) is 23.6 Å². The minimum atomic E-state index is -0.852. The number of hydrogen-bond acceptors (Lipinski definition) is 7. The average molecular weight is 521 g/mol. The maximum atomic E-state index is 12.8. The third kappa shape index (κ3) is 12.9. The lowest BCUT2D eigenvalue weighted by Crippen LogP contribution is -2.53. The minimum Gasteiger partial charge on any atom is -0.461 e. The Morgan fingerprint density at radius 2 is 1.51 bits per heavy atom. The van der Waals surface area contributed by atoms with Crippen LogP contribution in [0.3, 0.4) is 0 Å². The molecular weight excluding hydrogens is 480 g/mol. The lowest BCUT2D eigenvalue weighted by atomic mass is 10.0. The fourth-order valence-corrected chi connectivity index (χ4v) is 2.97. The summed E-state index contributed by atoms with van der Waals surface area (Å²) in [7, 11) is 0. The average Bonchev–Trinajstić information content (AvgIpc) is 2.83. The molecule has 1 aromatic carbocycles. The molecule has 206 valence electrons. The molecular formula is C26H40N4O7. The number of benzene rings is 1. The molecule has 11 nitrogen and oxygen atoms in total. The van der Waals surface area contributed by atoms with Gasteiger partial charge < -0.3 is 30.7 Å². The van der Waals surface area contributed by atoms with E-state index in [1.165, 1.54) is 6.92 Å². The van der Waals surface area contributed by atoms with Crippen molar-refractivity contribution in [3.63, 3.8) is 0 Å². The second-order valence-corrected chi connectivity index (χ2v) is 9.31. The molecule has 0 aromatic heterocycles. The van der Waals surface area contributed by atoms with Crippen molar-refractivity contribution in [3.05, 3.63) is 29.8 Å². The number of nitrogens with one attached hydrogen (secondary N) is 4. The molecule has 0 saturated carbocycles. The molecule has 0 bridgehead atoms. The van der Waals surface area contributed by atoms with E-state index in [2.05, 4.69) is 21.3 Å². The number of anilines is 1. The van der Waals surface area contributed by atoms with Crippen LogP contribution in [-0.4, -0.2) is 61.4 Å². The topological polar surface area (TPSA) is 152 Å². The quantitative estimate of drug-likeness (QED) is 0.202. The first-order chi connectivity index (χ1) is 17.4. The molecule has 0 fully saturated rings. The third-order valence-corrected chi connectivity index (χ3v) is 5.19. The highest BCUT2D eigenvalue weighted by Gasteiger charge is 2.27. The van der Waals surface area contributed by atoms with Crippen molar-refractivity contribution >= 4 is 35.3 Å². The predicted molar refractivity (Wildman–Crippen MR) is 138 cm³/mol. The zero-order chi connectivity index (χ0) is 28.0. The Kier molecular flexibility index (Phi) is 13.9. The Morgan fingerprint density at radius 3 is 2.08 bits per heavy atom. The van der Waals surface area contributed by atoms with Crippen LogP contribution >= 0.6 is 0 Å². The van der Waals surface area contributed by atoms with Gasteiger partial charge in [0.05, 0.1) is 19.1 Å². The van der Waals surface area contributed by atoms with Crippen LogP contribution in [0.15, 0.2) is 24.3 Å². The van der Waals surface area contributed by atoms with Gasteiger partial charge in [-0.25, -0.2) is 0 Å². The summed E-state index contributed by atoms with van der Waals surface area (Å²) < 4.78 is 10.5. The fourth-order valence-electron chi connectivity index (χ4n) is 2.97. The zero-order valence-electron chi connectivity index (χ0n) is 22.5. The maximum Gasteiger partial charge on any atom is 0.308 e. The van der Waals surface area contributed by atoms with Gasteiger partial charge in [0, 0.05) is 25.6 Å². The number of rotatable bonds is 15. The molecule has 4 N–H and O–H groups in total. The van der Waals surface area contributed by atoms with Gasteiger partial charge in [-0.05, 0) is 30.5 Å². The van der Waals surface area contributed by atoms with E-state index in [-0.39, 0.29) is 55.9 Å². The number of esters is 1. The summed E-state index contributed by atoms with van der Waals surface area (Å²) in [5.41, 5.74) is 1.30. The number of carbonyl (C=O) groups is 5. The molecule has 0 unspecified atom stereocenters. The lowest BCUT2D eigenvalue weighted by molar-refractivity contribution is -0.148. The Labute approximate surface area is 218 Å². The van der Waals surface area contributed by atoms with Crippen molar-refractivity contribution in [2.45, 2.75) is 66.7 Å². The molecule has 1 aromatic rings. The number of carbonyl (C=O) groups excluding carboxylic acids is 5. The Balaban J connectivity index is 2.51. The van der Waals surface area contributed by atoms with Gasteiger partial charge in [0.1, 0.15) is 18.7 Å². The smallest absolute Gasteiger partial charge is 0.308 e. The molecule has 0 aliphatic heterocycles. The SMILES string of the molecule is CC(=O)NCCOCCC(=O)N[C@H](C(=O)N[C@@H](C)C(=O)Nc1ccc(COC(=O)C(C)C)cc1)C(C)C. The van der Waals surface area contributed by atoms with E-state index >= 15 is 0 Å². The second kappa shape index (κ2) is 16.3. The van der Waals surface area contributed by atoms with Crippen LogP contribution < -0.4 is 21.3 Å². The molecule has 1 rings (SSSR count). The van der Waals surface area contributed by atoms with Crippen LogP contribution in [-0.2, 0) is 40.1 Å². The summed E-state index contributed by atoms with van der Waals surface area (Å²) in [6.45, 7) is 11.0. The largest absolute Gasteiger partial charge is 0.461 e. The summed E-state index contributed by atoms with van der Waals surface area (Å²) in [5, 5.41) is 10.6. The monoisotopic (exact) mass is 520 g/mol. The molecule has 0 aliphatic rings. The highest BCUT2D eigenvalue weighted by molar-refractivity contribution is 5.98. The highest BCUT2D eigenvalue weighted by Crippen LogP contribution is 2.12. The molecule has 0 saturated heterocycles. The van der Waals surface area contributed by atoms with E-state index in [0.717, 1.165) is 5.56 Å². The van der Waals surface area contributed by atoms with Crippen molar-refractivity contribution in [2.75, 3.05) is 25.1 Å². The fraction of sp³-hybridized carbons (Fsp3) is 0.577. The number of amides is 4. The van der Waals surface area contributed by atoms with Gasteiger partial charge >= 0.3 is 5.97 Å². The Bertz CT molecular complexity index is 916. The second-order valence-electron chi connectivity index (χ2n) is 9.31. The maximum absolute atomic E-state index is 12.8. The van der Waals surface area contributed by atoms with Crippen molar-refractivity contribution in [2.24, 2.45) is 11.8 Å². The number of ether oxygens (including phenoxy) is 2. The number of hydrogen-bond donors (Lipinski definition) is 4. The summed E-state index contributed by atoms with van der Waals surface area (Å²) in [6, 6.07) is 5.16. The minimum absolute atomic E-state index is 0.0548. The predicted octanol–water partition coefficient (Wildman–Crippen LogP) is 1.51. The van der Waals surface area contributed by atoms with Crippen LogP contribution in [0.4, 0.5) is 5.69 Å². The van der Waals surface area contributed by atoms with E-state index < -0.39 is 23.9 Å². The molecule has 11 heteroatoms. The summed E-state index contributed by atoms with van der Waals surface area (Å²) in [6.07, 6.45) is 0.0548. The van der Waals surface area contributed by atoms with Gasteiger partial charge in [0.25, 0.3) is 0 Å². The zero-order valence-corrected chi connectivity index (χ0v) is 22.5. The molecule has 4 amide bonds. The normalized spacial score (nSPS) is 12.4. The summed E-state index contributed by atoms with van der Waals surface area (Å²) >= 11 is 0. The summed E-state index contributed by atoms with van der Waals surface area (Å²) in [4.78, 5) is 60.0. The van der Waals surface area contributed by atoms with Crippen LogP contribution in [0.25, 0.3) is 0 Å². The van der Waals surface area contributed by atoms with E-state index in [0.29, 0.717) is 12.2 Å². The molecule has 0 heterocycles.